The molecule has 1 rings (SSSR count). The number of esters is 1. The Labute approximate surface area is 117 Å². The minimum absolute atomic E-state index is 0.138. The van der Waals surface area contributed by atoms with Crippen molar-refractivity contribution in [3.8, 4) is 0 Å². The van der Waals surface area contributed by atoms with E-state index in [0.29, 0.717) is 12.4 Å². The van der Waals surface area contributed by atoms with Crippen LogP contribution in [0, 0.1) is 6.92 Å². The molecule has 1 aromatic heterocycles. The number of nitrogens with one attached hydrogen (secondary N) is 1. The number of methoxy groups -OCH3 is 1. The second-order valence-electron chi connectivity index (χ2n) is 4.21. The first-order valence-corrected chi connectivity index (χ1v) is 7.59. The van der Waals surface area contributed by atoms with Gasteiger partial charge in [0.15, 0.2) is 11.1 Å². The number of carbonyl (C=O) groups excluding carboxylic acids is 1. The predicted molar refractivity (Wildman–Crippen MR) is 70.5 cm³/mol. The number of rotatable bonds is 7. The van der Waals surface area contributed by atoms with Gasteiger partial charge in [0, 0.05) is 19.3 Å². The molecule has 1 atom stereocenters. The van der Waals surface area contributed by atoms with Crippen LogP contribution in [-0.2, 0) is 26.1 Å². The maximum atomic E-state index is 12.0. The van der Waals surface area contributed by atoms with Crippen molar-refractivity contribution in [2.45, 2.75) is 37.9 Å². The molecule has 0 aliphatic rings. The summed E-state index contributed by atoms with van der Waals surface area (Å²) in [5, 5.41) is 9.21. The molecule has 0 radical (unpaired) electrons. The van der Waals surface area contributed by atoms with E-state index < -0.39 is 28.6 Å². The van der Waals surface area contributed by atoms with E-state index in [1.54, 1.807) is 11.5 Å². The fraction of sp³-hybridized carbons (Fsp3) is 0.636. The summed E-state index contributed by atoms with van der Waals surface area (Å²) in [6.07, 6.45) is 0.727. The summed E-state index contributed by atoms with van der Waals surface area (Å²) < 4.78 is 32.1. The topological polar surface area (TPSA) is 111 Å². The molecule has 114 valence electrons. The Balaban J connectivity index is 2.79. The third kappa shape index (κ3) is 4.02. The standard InChI is InChI=1S/C11H19N3O5S/c1-4-5-14-7-10(13-8(14)2)20(17,18)12-6-9(15)11(16)19-3/h7,9,12,15H,4-6H2,1-3H3. The number of hydrogen-bond acceptors (Lipinski definition) is 6. The summed E-state index contributed by atoms with van der Waals surface area (Å²) in [6.45, 7) is 3.88. The van der Waals surface area contributed by atoms with Gasteiger partial charge in [0.25, 0.3) is 10.0 Å². The Morgan fingerprint density at radius 1 is 1.60 bits per heavy atom. The lowest BCUT2D eigenvalue weighted by Gasteiger charge is -2.08. The monoisotopic (exact) mass is 305 g/mol. The lowest BCUT2D eigenvalue weighted by atomic mass is 10.4. The molecular weight excluding hydrogens is 286 g/mol. The van der Waals surface area contributed by atoms with Crippen molar-refractivity contribution >= 4 is 16.0 Å². The molecule has 1 unspecified atom stereocenters. The van der Waals surface area contributed by atoms with Crippen LogP contribution in [-0.4, -0.2) is 48.8 Å². The van der Waals surface area contributed by atoms with Crippen LogP contribution in [0.2, 0.25) is 0 Å². The average Bonchev–Trinajstić information content (AvgIpc) is 2.78. The molecule has 8 nitrogen and oxygen atoms in total. The van der Waals surface area contributed by atoms with E-state index in [1.165, 1.54) is 6.20 Å². The molecule has 0 aromatic carbocycles. The number of aliphatic hydroxyl groups is 1. The van der Waals surface area contributed by atoms with Gasteiger partial charge in [-0.1, -0.05) is 6.92 Å². The van der Waals surface area contributed by atoms with Crippen molar-refractivity contribution in [3.05, 3.63) is 12.0 Å². The van der Waals surface area contributed by atoms with E-state index in [9.17, 15) is 18.3 Å². The maximum absolute atomic E-state index is 12.0. The lowest BCUT2D eigenvalue weighted by molar-refractivity contribution is -0.149. The average molecular weight is 305 g/mol. The summed E-state index contributed by atoms with van der Waals surface area (Å²) in [7, 11) is -2.76. The maximum Gasteiger partial charge on any atom is 0.336 e. The molecule has 1 heterocycles. The van der Waals surface area contributed by atoms with Crippen LogP contribution in [0.1, 0.15) is 19.2 Å². The molecule has 1 aromatic rings. The summed E-state index contributed by atoms with van der Waals surface area (Å²) in [6, 6.07) is 0. The highest BCUT2D eigenvalue weighted by Gasteiger charge is 2.23. The van der Waals surface area contributed by atoms with Crippen LogP contribution in [0.25, 0.3) is 0 Å². The Hall–Kier alpha value is -1.45. The van der Waals surface area contributed by atoms with Crippen molar-refractivity contribution in [1.82, 2.24) is 14.3 Å². The van der Waals surface area contributed by atoms with Crippen LogP contribution in [0.5, 0.6) is 0 Å². The third-order valence-corrected chi connectivity index (χ3v) is 3.93. The van der Waals surface area contributed by atoms with Crippen LogP contribution >= 0.6 is 0 Å². The van der Waals surface area contributed by atoms with Gasteiger partial charge < -0.3 is 14.4 Å². The zero-order valence-electron chi connectivity index (χ0n) is 11.7. The van der Waals surface area contributed by atoms with Crippen molar-refractivity contribution < 1.29 is 23.1 Å². The van der Waals surface area contributed by atoms with Crippen molar-refractivity contribution in [2.75, 3.05) is 13.7 Å². The van der Waals surface area contributed by atoms with Crippen LogP contribution in [0.15, 0.2) is 11.2 Å². The van der Waals surface area contributed by atoms with Crippen LogP contribution in [0.4, 0.5) is 0 Å². The Bertz CT molecular complexity index is 567. The zero-order chi connectivity index (χ0) is 15.3. The Morgan fingerprint density at radius 3 is 2.80 bits per heavy atom. The smallest absolute Gasteiger partial charge is 0.336 e. The van der Waals surface area contributed by atoms with E-state index >= 15 is 0 Å². The summed E-state index contributed by atoms with van der Waals surface area (Å²) in [4.78, 5) is 14.9. The number of ether oxygens (including phenoxy) is 1. The highest BCUT2D eigenvalue weighted by molar-refractivity contribution is 7.89. The van der Waals surface area contributed by atoms with Gasteiger partial charge in [-0.2, -0.15) is 0 Å². The summed E-state index contributed by atoms with van der Waals surface area (Å²) >= 11 is 0. The van der Waals surface area contributed by atoms with Crippen molar-refractivity contribution in [1.29, 1.82) is 0 Å². The SMILES string of the molecule is CCCn1cc(S(=O)(=O)NCC(O)C(=O)OC)nc1C. The second kappa shape index (κ2) is 6.82. The fourth-order valence-electron chi connectivity index (χ4n) is 1.56. The van der Waals surface area contributed by atoms with Crippen molar-refractivity contribution in [2.24, 2.45) is 0 Å². The van der Waals surface area contributed by atoms with Gasteiger partial charge in [0.1, 0.15) is 5.82 Å². The van der Waals surface area contributed by atoms with E-state index in [-0.39, 0.29) is 5.03 Å². The second-order valence-corrected chi connectivity index (χ2v) is 5.92. The molecule has 0 spiro atoms. The zero-order valence-corrected chi connectivity index (χ0v) is 12.5. The molecule has 9 heteroatoms. The molecular formula is C11H19N3O5S. The van der Waals surface area contributed by atoms with E-state index in [0.717, 1.165) is 13.5 Å². The van der Waals surface area contributed by atoms with Gasteiger partial charge >= 0.3 is 5.97 Å². The molecule has 0 saturated heterocycles. The van der Waals surface area contributed by atoms with Crippen molar-refractivity contribution in [3.63, 3.8) is 0 Å². The summed E-state index contributed by atoms with van der Waals surface area (Å²) in [5.41, 5.74) is 0. The summed E-state index contributed by atoms with van der Waals surface area (Å²) in [5.74, 6) is -0.318. The largest absolute Gasteiger partial charge is 0.467 e. The molecule has 0 fully saturated rings. The normalized spacial score (nSPS) is 13.2. The Morgan fingerprint density at radius 2 is 2.25 bits per heavy atom. The molecule has 0 saturated carbocycles. The number of aromatic nitrogens is 2. The first-order chi connectivity index (χ1) is 9.31. The van der Waals surface area contributed by atoms with Gasteiger partial charge in [0.05, 0.1) is 7.11 Å². The van der Waals surface area contributed by atoms with Gasteiger partial charge in [-0.3, -0.25) is 0 Å². The molecule has 0 amide bonds. The minimum atomic E-state index is -3.87. The number of aliphatic hydroxyl groups excluding tert-OH is 1. The third-order valence-electron chi connectivity index (χ3n) is 2.63. The number of imidazole rings is 1. The van der Waals surface area contributed by atoms with E-state index in [2.05, 4.69) is 14.4 Å². The minimum Gasteiger partial charge on any atom is -0.467 e. The number of sulfonamides is 1. The van der Waals surface area contributed by atoms with E-state index in [4.69, 9.17) is 0 Å². The molecule has 0 aliphatic carbocycles. The quantitative estimate of drug-likeness (QED) is 0.652. The Kier molecular flexibility index (Phi) is 5.66. The number of aryl methyl sites for hydroxylation is 2. The van der Waals surface area contributed by atoms with Crippen LogP contribution < -0.4 is 4.72 Å². The van der Waals surface area contributed by atoms with Gasteiger partial charge in [-0.25, -0.2) is 22.9 Å². The lowest BCUT2D eigenvalue weighted by Crippen LogP contribution is -2.37. The molecule has 2 N–H and O–H groups in total. The first-order valence-electron chi connectivity index (χ1n) is 6.11. The number of hydrogen-bond donors (Lipinski definition) is 2. The first kappa shape index (κ1) is 16.6. The van der Waals surface area contributed by atoms with E-state index in [1.807, 2.05) is 6.92 Å². The van der Waals surface area contributed by atoms with Gasteiger partial charge in [-0.15, -0.1) is 0 Å². The highest BCUT2D eigenvalue weighted by Crippen LogP contribution is 2.09. The molecule has 20 heavy (non-hydrogen) atoms. The van der Waals surface area contributed by atoms with Gasteiger partial charge in [-0.05, 0) is 13.3 Å². The van der Waals surface area contributed by atoms with Crippen LogP contribution in [0.3, 0.4) is 0 Å². The number of nitrogens with zero attached hydrogens (tertiary/aromatic N) is 2. The number of carbonyl (C=O) groups is 1. The molecule has 0 bridgehead atoms. The fourth-order valence-corrected chi connectivity index (χ4v) is 2.60. The molecule has 0 aliphatic heterocycles. The van der Waals surface area contributed by atoms with Gasteiger partial charge in [0.2, 0.25) is 0 Å². The predicted octanol–water partition coefficient (Wildman–Crippen LogP) is -0.586. The highest BCUT2D eigenvalue weighted by atomic mass is 32.2.